The van der Waals surface area contributed by atoms with E-state index >= 15 is 0 Å². The fraction of sp³-hybridized carbons (Fsp3) is 0.400. The van der Waals surface area contributed by atoms with Crippen LogP contribution in [0.15, 0.2) is 36.0 Å². The Hall–Kier alpha value is -1.39. The molecule has 0 aliphatic carbocycles. The number of thiophene rings is 1. The van der Waals surface area contributed by atoms with Crippen molar-refractivity contribution in [3.8, 4) is 5.75 Å². The first kappa shape index (κ1) is 14.0. The molecule has 0 aromatic carbocycles. The van der Waals surface area contributed by atoms with Gasteiger partial charge in [0.25, 0.3) is 0 Å². The lowest BCUT2D eigenvalue weighted by atomic mass is 10.1. The molecule has 2 aromatic rings. The number of hydrogen-bond donors (Lipinski definition) is 1. The van der Waals surface area contributed by atoms with Crippen LogP contribution < -0.4 is 4.74 Å². The molecular weight excluding hydrogens is 258 g/mol. The highest BCUT2D eigenvalue weighted by molar-refractivity contribution is 7.09. The normalized spacial score (nSPS) is 12.3. The van der Waals surface area contributed by atoms with E-state index in [-0.39, 0.29) is 0 Å². The molecule has 2 aromatic heterocycles. The topological polar surface area (TPSA) is 42.4 Å². The first-order chi connectivity index (χ1) is 9.29. The summed E-state index contributed by atoms with van der Waals surface area (Å²) < 4.78 is 5.39. The van der Waals surface area contributed by atoms with Crippen LogP contribution in [-0.4, -0.2) is 16.7 Å². The van der Waals surface area contributed by atoms with E-state index in [1.807, 2.05) is 13.0 Å². The second kappa shape index (κ2) is 7.26. The third-order valence-corrected chi connectivity index (χ3v) is 3.85. The third kappa shape index (κ3) is 4.33. The largest absolute Gasteiger partial charge is 0.492 e. The Morgan fingerprint density at radius 3 is 3.05 bits per heavy atom. The molecule has 0 fully saturated rings. The molecule has 1 N–H and O–H groups in total. The monoisotopic (exact) mass is 277 g/mol. The molecule has 0 bridgehead atoms. The standard InChI is InChI=1S/C15H19NO2S/c1-2-18-13-9-12(10-16-11-13)15(17)7-3-5-14-6-4-8-19-14/h4,6,8-11,15,17H,2-3,5,7H2,1H3. The average molecular weight is 277 g/mol. The number of aliphatic hydroxyl groups excluding tert-OH is 1. The number of hydrogen-bond acceptors (Lipinski definition) is 4. The second-order valence-corrected chi connectivity index (χ2v) is 5.41. The fourth-order valence-electron chi connectivity index (χ4n) is 1.95. The average Bonchev–Trinajstić information content (AvgIpc) is 2.92. The Morgan fingerprint density at radius 1 is 1.42 bits per heavy atom. The molecule has 2 heterocycles. The number of nitrogens with zero attached hydrogens (tertiary/aromatic N) is 1. The zero-order valence-electron chi connectivity index (χ0n) is 11.1. The Balaban J connectivity index is 1.85. The van der Waals surface area contributed by atoms with E-state index in [0.717, 1.165) is 30.6 Å². The van der Waals surface area contributed by atoms with Gasteiger partial charge in [-0.1, -0.05) is 6.07 Å². The summed E-state index contributed by atoms with van der Waals surface area (Å²) in [5.74, 6) is 0.720. The lowest BCUT2D eigenvalue weighted by molar-refractivity contribution is 0.164. The molecule has 4 heteroatoms. The molecule has 0 radical (unpaired) electrons. The Labute approximate surface area is 117 Å². The highest BCUT2D eigenvalue weighted by atomic mass is 32.1. The molecule has 19 heavy (non-hydrogen) atoms. The number of aromatic nitrogens is 1. The summed E-state index contributed by atoms with van der Waals surface area (Å²) in [6, 6.07) is 6.06. The zero-order chi connectivity index (χ0) is 13.5. The van der Waals surface area contributed by atoms with Crippen molar-refractivity contribution < 1.29 is 9.84 Å². The van der Waals surface area contributed by atoms with Gasteiger partial charge in [-0.3, -0.25) is 4.98 Å². The van der Waals surface area contributed by atoms with Gasteiger partial charge in [0.15, 0.2) is 0 Å². The van der Waals surface area contributed by atoms with Crippen molar-refractivity contribution in [2.45, 2.75) is 32.3 Å². The lowest BCUT2D eigenvalue weighted by Gasteiger charge is -2.11. The molecule has 2 rings (SSSR count). The quantitative estimate of drug-likeness (QED) is 0.841. The molecule has 0 saturated carbocycles. The summed E-state index contributed by atoms with van der Waals surface area (Å²) in [7, 11) is 0. The number of ether oxygens (including phenoxy) is 1. The molecular formula is C15H19NO2S. The van der Waals surface area contributed by atoms with Crippen molar-refractivity contribution in [2.75, 3.05) is 6.61 Å². The first-order valence-corrected chi connectivity index (χ1v) is 7.45. The van der Waals surface area contributed by atoms with Gasteiger partial charge in [0.2, 0.25) is 0 Å². The van der Waals surface area contributed by atoms with Gasteiger partial charge in [-0.05, 0) is 43.7 Å². The third-order valence-electron chi connectivity index (χ3n) is 2.91. The lowest BCUT2D eigenvalue weighted by Crippen LogP contribution is -2.00. The second-order valence-electron chi connectivity index (χ2n) is 4.37. The van der Waals surface area contributed by atoms with Gasteiger partial charge in [0, 0.05) is 16.6 Å². The van der Waals surface area contributed by atoms with Crippen LogP contribution in [0.1, 0.15) is 36.3 Å². The molecule has 0 aliphatic heterocycles. The number of aryl methyl sites for hydroxylation is 1. The van der Waals surface area contributed by atoms with Crippen LogP contribution in [0.5, 0.6) is 5.75 Å². The maximum Gasteiger partial charge on any atom is 0.137 e. The van der Waals surface area contributed by atoms with Gasteiger partial charge in [0.1, 0.15) is 5.75 Å². The van der Waals surface area contributed by atoms with Crippen molar-refractivity contribution >= 4 is 11.3 Å². The first-order valence-electron chi connectivity index (χ1n) is 6.57. The van der Waals surface area contributed by atoms with Gasteiger partial charge in [-0.2, -0.15) is 0 Å². The molecule has 102 valence electrons. The summed E-state index contributed by atoms with van der Waals surface area (Å²) in [5.41, 5.74) is 0.831. The van der Waals surface area contributed by atoms with E-state index in [9.17, 15) is 5.11 Å². The summed E-state index contributed by atoms with van der Waals surface area (Å²) in [5, 5.41) is 12.2. The summed E-state index contributed by atoms with van der Waals surface area (Å²) in [6.07, 6.45) is 5.65. The van der Waals surface area contributed by atoms with Crippen molar-refractivity contribution in [3.63, 3.8) is 0 Å². The van der Waals surface area contributed by atoms with Gasteiger partial charge < -0.3 is 9.84 Å². The zero-order valence-corrected chi connectivity index (χ0v) is 11.9. The Bertz CT molecular complexity index is 485. The van der Waals surface area contributed by atoms with E-state index in [1.54, 1.807) is 23.7 Å². The summed E-state index contributed by atoms with van der Waals surface area (Å²) in [6.45, 7) is 2.55. The van der Waals surface area contributed by atoms with Gasteiger partial charge in [-0.25, -0.2) is 0 Å². The minimum Gasteiger partial charge on any atom is -0.492 e. The van der Waals surface area contributed by atoms with Crippen LogP contribution in [0.3, 0.4) is 0 Å². The molecule has 3 nitrogen and oxygen atoms in total. The van der Waals surface area contributed by atoms with Crippen LogP contribution >= 0.6 is 11.3 Å². The smallest absolute Gasteiger partial charge is 0.137 e. The van der Waals surface area contributed by atoms with Crippen LogP contribution in [0.4, 0.5) is 0 Å². The molecule has 0 amide bonds. The molecule has 0 spiro atoms. The molecule has 1 unspecified atom stereocenters. The predicted molar refractivity (Wildman–Crippen MR) is 77.6 cm³/mol. The van der Waals surface area contributed by atoms with Crippen molar-refractivity contribution in [2.24, 2.45) is 0 Å². The summed E-state index contributed by atoms with van der Waals surface area (Å²) >= 11 is 1.77. The van der Waals surface area contributed by atoms with Crippen molar-refractivity contribution in [1.29, 1.82) is 0 Å². The number of rotatable bonds is 7. The fourth-order valence-corrected chi connectivity index (χ4v) is 2.71. The van der Waals surface area contributed by atoms with E-state index in [1.165, 1.54) is 4.88 Å². The Kier molecular flexibility index (Phi) is 5.36. The minimum absolute atomic E-state index is 0.465. The SMILES string of the molecule is CCOc1cncc(C(O)CCCc2cccs2)c1. The highest BCUT2D eigenvalue weighted by Crippen LogP contribution is 2.23. The molecule has 0 saturated heterocycles. The van der Waals surface area contributed by atoms with Crippen LogP contribution in [-0.2, 0) is 6.42 Å². The van der Waals surface area contributed by atoms with Gasteiger partial charge >= 0.3 is 0 Å². The maximum atomic E-state index is 10.1. The highest BCUT2D eigenvalue weighted by Gasteiger charge is 2.09. The van der Waals surface area contributed by atoms with Crippen LogP contribution in [0.25, 0.3) is 0 Å². The van der Waals surface area contributed by atoms with Crippen molar-refractivity contribution in [3.05, 3.63) is 46.4 Å². The van der Waals surface area contributed by atoms with Gasteiger partial charge in [0.05, 0.1) is 18.9 Å². The van der Waals surface area contributed by atoms with E-state index in [2.05, 4.69) is 22.5 Å². The predicted octanol–water partition coefficient (Wildman–Crippen LogP) is 3.60. The number of pyridine rings is 1. The van der Waals surface area contributed by atoms with Crippen molar-refractivity contribution in [1.82, 2.24) is 4.98 Å². The minimum atomic E-state index is -0.465. The van der Waals surface area contributed by atoms with E-state index in [4.69, 9.17) is 4.74 Å². The van der Waals surface area contributed by atoms with E-state index in [0.29, 0.717) is 6.61 Å². The van der Waals surface area contributed by atoms with Crippen LogP contribution in [0.2, 0.25) is 0 Å². The Morgan fingerprint density at radius 2 is 2.32 bits per heavy atom. The molecule has 1 atom stereocenters. The van der Waals surface area contributed by atoms with Crippen LogP contribution in [0, 0.1) is 0 Å². The van der Waals surface area contributed by atoms with E-state index < -0.39 is 6.10 Å². The van der Waals surface area contributed by atoms with Gasteiger partial charge in [-0.15, -0.1) is 11.3 Å². The number of aliphatic hydroxyl groups is 1. The summed E-state index contributed by atoms with van der Waals surface area (Å²) in [4.78, 5) is 5.47. The maximum absolute atomic E-state index is 10.1. The molecule has 0 aliphatic rings.